The zero-order chi connectivity index (χ0) is 13.9. The molecule has 1 aliphatic heterocycles. The highest BCUT2D eigenvalue weighted by molar-refractivity contribution is 6.36. The number of anilines is 2. The standard InChI is InChI=1S/C15H15Cl2N3/c16-12-10-14(17)15(18-11-12)20-8-6-19(7-9-20)13-4-2-1-3-5-13/h1-5,10-11H,6-9H2. The molecule has 0 N–H and O–H groups in total. The van der Waals surface area contributed by atoms with E-state index in [1.165, 1.54) is 5.69 Å². The molecular formula is C15H15Cl2N3. The van der Waals surface area contributed by atoms with Crippen molar-refractivity contribution >= 4 is 34.7 Å². The van der Waals surface area contributed by atoms with Crippen LogP contribution in [0.1, 0.15) is 0 Å². The molecular weight excluding hydrogens is 293 g/mol. The molecule has 0 aliphatic carbocycles. The summed E-state index contributed by atoms with van der Waals surface area (Å²) in [6.07, 6.45) is 1.65. The van der Waals surface area contributed by atoms with Gasteiger partial charge in [-0.2, -0.15) is 0 Å². The first-order valence-electron chi connectivity index (χ1n) is 6.60. The largest absolute Gasteiger partial charge is 0.368 e. The van der Waals surface area contributed by atoms with Gasteiger partial charge >= 0.3 is 0 Å². The molecule has 3 nitrogen and oxygen atoms in total. The van der Waals surface area contributed by atoms with Crippen molar-refractivity contribution in [2.75, 3.05) is 36.0 Å². The van der Waals surface area contributed by atoms with Gasteiger partial charge in [0.25, 0.3) is 0 Å². The lowest BCUT2D eigenvalue weighted by Crippen LogP contribution is -2.46. The van der Waals surface area contributed by atoms with Crippen molar-refractivity contribution in [3.63, 3.8) is 0 Å². The fourth-order valence-corrected chi connectivity index (χ4v) is 2.95. The fraction of sp³-hybridized carbons (Fsp3) is 0.267. The zero-order valence-corrected chi connectivity index (χ0v) is 12.5. The quantitative estimate of drug-likeness (QED) is 0.843. The number of piperazine rings is 1. The number of hydrogen-bond acceptors (Lipinski definition) is 3. The molecule has 1 aromatic carbocycles. The van der Waals surface area contributed by atoms with Crippen LogP contribution in [0.5, 0.6) is 0 Å². The van der Waals surface area contributed by atoms with Crippen LogP contribution in [0.15, 0.2) is 42.6 Å². The highest BCUT2D eigenvalue weighted by Gasteiger charge is 2.20. The van der Waals surface area contributed by atoms with Crippen LogP contribution < -0.4 is 9.80 Å². The number of halogens is 2. The second-order valence-corrected chi connectivity index (χ2v) is 5.61. The van der Waals surface area contributed by atoms with Crippen LogP contribution in [0.2, 0.25) is 10.0 Å². The molecule has 20 heavy (non-hydrogen) atoms. The maximum Gasteiger partial charge on any atom is 0.147 e. The van der Waals surface area contributed by atoms with Crippen molar-refractivity contribution in [2.24, 2.45) is 0 Å². The van der Waals surface area contributed by atoms with E-state index in [2.05, 4.69) is 39.0 Å². The normalized spacial score (nSPS) is 15.5. The zero-order valence-electron chi connectivity index (χ0n) is 11.0. The Kier molecular flexibility index (Phi) is 3.99. The summed E-state index contributed by atoms with van der Waals surface area (Å²) in [6.45, 7) is 3.74. The summed E-state index contributed by atoms with van der Waals surface area (Å²) in [5.41, 5.74) is 1.27. The fourth-order valence-electron chi connectivity index (χ4n) is 2.46. The van der Waals surface area contributed by atoms with E-state index >= 15 is 0 Å². The second-order valence-electron chi connectivity index (χ2n) is 4.77. The third-order valence-corrected chi connectivity index (χ3v) is 3.97. The van der Waals surface area contributed by atoms with Gasteiger partial charge in [-0.15, -0.1) is 0 Å². The van der Waals surface area contributed by atoms with E-state index in [9.17, 15) is 0 Å². The molecule has 2 aromatic rings. The van der Waals surface area contributed by atoms with Gasteiger partial charge in [0.1, 0.15) is 5.82 Å². The van der Waals surface area contributed by atoms with Gasteiger partial charge in [-0.25, -0.2) is 4.98 Å². The lowest BCUT2D eigenvalue weighted by molar-refractivity contribution is 0.647. The van der Waals surface area contributed by atoms with Gasteiger partial charge < -0.3 is 9.80 Å². The first kappa shape index (κ1) is 13.5. The molecule has 1 saturated heterocycles. The topological polar surface area (TPSA) is 19.4 Å². The van der Waals surface area contributed by atoms with E-state index in [0.717, 1.165) is 32.0 Å². The number of aromatic nitrogens is 1. The van der Waals surface area contributed by atoms with E-state index in [4.69, 9.17) is 23.2 Å². The molecule has 1 fully saturated rings. The Bertz CT molecular complexity index is 581. The SMILES string of the molecule is Clc1cnc(N2CCN(c3ccccc3)CC2)c(Cl)c1. The molecule has 0 radical (unpaired) electrons. The molecule has 0 bridgehead atoms. The predicted octanol–water partition coefficient (Wildman–Crippen LogP) is 3.72. The van der Waals surface area contributed by atoms with Crippen LogP contribution in [-0.4, -0.2) is 31.2 Å². The van der Waals surface area contributed by atoms with Gasteiger partial charge in [-0.1, -0.05) is 41.4 Å². The Morgan fingerprint density at radius 1 is 0.900 bits per heavy atom. The maximum atomic E-state index is 6.21. The van der Waals surface area contributed by atoms with E-state index < -0.39 is 0 Å². The number of nitrogens with zero attached hydrogens (tertiary/aromatic N) is 3. The lowest BCUT2D eigenvalue weighted by Gasteiger charge is -2.37. The molecule has 0 atom stereocenters. The average Bonchev–Trinajstić information content (AvgIpc) is 2.48. The summed E-state index contributed by atoms with van der Waals surface area (Å²) in [4.78, 5) is 8.92. The highest BCUT2D eigenvalue weighted by atomic mass is 35.5. The average molecular weight is 308 g/mol. The van der Waals surface area contributed by atoms with Crippen LogP contribution in [0, 0.1) is 0 Å². The molecule has 1 aliphatic rings. The Hall–Kier alpha value is -1.45. The minimum atomic E-state index is 0.571. The molecule has 104 valence electrons. The lowest BCUT2D eigenvalue weighted by atomic mass is 10.2. The van der Waals surface area contributed by atoms with Crippen molar-refractivity contribution in [3.05, 3.63) is 52.6 Å². The van der Waals surface area contributed by atoms with Crippen LogP contribution in [-0.2, 0) is 0 Å². The molecule has 5 heteroatoms. The first-order chi connectivity index (χ1) is 9.74. The summed E-state index contributed by atoms with van der Waals surface area (Å²) in [5, 5.41) is 1.19. The molecule has 0 saturated carbocycles. The molecule has 0 unspecified atom stereocenters. The Morgan fingerprint density at radius 3 is 2.20 bits per heavy atom. The predicted molar refractivity (Wildman–Crippen MR) is 85.1 cm³/mol. The van der Waals surface area contributed by atoms with E-state index in [1.807, 2.05) is 6.07 Å². The summed E-state index contributed by atoms with van der Waals surface area (Å²) in [5.74, 6) is 0.823. The van der Waals surface area contributed by atoms with Gasteiger partial charge in [0.2, 0.25) is 0 Å². The number of rotatable bonds is 2. The molecule has 1 aromatic heterocycles. The van der Waals surface area contributed by atoms with Crippen LogP contribution in [0.3, 0.4) is 0 Å². The monoisotopic (exact) mass is 307 g/mol. The van der Waals surface area contributed by atoms with E-state index in [0.29, 0.717) is 10.0 Å². The Balaban J connectivity index is 1.69. The van der Waals surface area contributed by atoms with Crippen LogP contribution in [0.25, 0.3) is 0 Å². The molecule has 2 heterocycles. The number of hydrogen-bond donors (Lipinski definition) is 0. The van der Waals surface area contributed by atoms with Gasteiger partial charge in [0.15, 0.2) is 0 Å². The minimum absolute atomic E-state index is 0.571. The van der Waals surface area contributed by atoms with Crippen LogP contribution >= 0.6 is 23.2 Å². The summed E-state index contributed by atoms with van der Waals surface area (Å²) in [6, 6.07) is 12.2. The highest BCUT2D eigenvalue weighted by Crippen LogP contribution is 2.27. The maximum absolute atomic E-state index is 6.21. The van der Waals surface area contributed by atoms with Crippen molar-refractivity contribution < 1.29 is 0 Å². The summed E-state index contributed by atoms with van der Waals surface area (Å²) >= 11 is 12.1. The summed E-state index contributed by atoms with van der Waals surface area (Å²) < 4.78 is 0. The number of benzene rings is 1. The van der Waals surface area contributed by atoms with Crippen molar-refractivity contribution in [1.82, 2.24) is 4.98 Å². The first-order valence-corrected chi connectivity index (χ1v) is 7.35. The Labute approximate surface area is 128 Å². The third-order valence-electron chi connectivity index (χ3n) is 3.49. The van der Waals surface area contributed by atoms with Crippen LogP contribution in [0.4, 0.5) is 11.5 Å². The number of para-hydroxylation sites is 1. The second kappa shape index (κ2) is 5.90. The van der Waals surface area contributed by atoms with Gasteiger partial charge in [0, 0.05) is 38.1 Å². The van der Waals surface area contributed by atoms with Crippen molar-refractivity contribution in [2.45, 2.75) is 0 Å². The van der Waals surface area contributed by atoms with E-state index in [1.54, 1.807) is 12.3 Å². The van der Waals surface area contributed by atoms with Crippen molar-refractivity contribution in [1.29, 1.82) is 0 Å². The summed E-state index contributed by atoms with van der Waals surface area (Å²) in [7, 11) is 0. The Morgan fingerprint density at radius 2 is 1.55 bits per heavy atom. The van der Waals surface area contributed by atoms with Gasteiger partial charge in [-0.3, -0.25) is 0 Å². The number of pyridine rings is 1. The third kappa shape index (κ3) is 2.84. The van der Waals surface area contributed by atoms with Gasteiger partial charge in [-0.05, 0) is 18.2 Å². The minimum Gasteiger partial charge on any atom is -0.368 e. The van der Waals surface area contributed by atoms with E-state index in [-0.39, 0.29) is 0 Å². The van der Waals surface area contributed by atoms with Crippen molar-refractivity contribution in [3.8, 4) is 0 Å². The molecule has 0 spiro atoms. The van der Waals surface area contributed by atoms with Gasteiger partial charge in [0.05, 0.1) is 10.0 Å². The molecule has 3 rings (SSSR count). The molecule has 0 amide bonds. The smallest absolute Gasteiger partial charge is 0.147 e.